The summed E-state index contributed by atoms with van der Waals surface area (Å²) >= 11 is 1.42. The van der Waals surface area contributed by atoms with Crippen LogP contribution in [0.15, 0.2) is 47.8 Å². The molecule has 0 radical (unpaired) electrons. The lowest BCUT2D eigenvalue weighted by Crippen LogP contribution is -2.14. The first-order valence-electron chi connectivity index (χ1n) is 7.68. The number of thiazole rings is 1. The number of aryl methyl sites for hydroxylation is 2. The number of nitrogens with two attached hydrogens (primary N) is 1. The molecular formula is C19H17N3O2S. The average molecular weight is 351 g/mol. The Morgan fingerprint density at radius 3 is 2.64 bits per heavy atom. The van der Waals surface area contributed by atoms with Crippen LogP contribution in [0.1, 0.15) is 32.0 Å². The van der Waals surface area contributed by atoms with Crippen LogP contribution in [0.25, 0.3) is 10.6 Å². The Labute approximate surface area is 149 Å². The summed E-state index contributed by atoms with van der Waals surface area (Å²) in [7, 11) is 0. The fraction of sp³-hybridized carbons (Fsp3) is 0.105. The lowest BCUT2D eigenvalue weighted by molar-refractivity contribution is 0.0995. The lowest BCUT2D eigenvalue weighted by Gasteiger charge is -2.05. The fourth-order valence-electron chi connectivity index (χ4n) is 2.50. The van der Waals surface area contributed by atoms with Crippen molar-refractivity contribution in [2.75, 3.05) is 5.32 Å². The molecule has 3 aromatic rings. The summed E-state index contributed by atoms with van der Waals surface area (Å²) < 4.78 is 0. The number of amides is 2. The minimum atomic E-state index is -0.540. The van der Waals surface area contributed by atoms with Gasteiger partial charge in [-0.15, -0.1) is 11.3 Å². The van der Waals surface area contributed by atoms with Gasteiger partial charge in [0.2, 0.25) is 5.91 Å². The number of anilines is 1. The Balaban J connectivity index is 1.81. The summed E-state index contributed by atoms with van der Waals surface area (Å²) in [6, 6.07) is 12.6. The molecule has 0 aliphatic carbocycles. The van der Waals surface area contributed by atoms with Gasteiger partial charge in [-0.05, 0) is 37.6 Å². The molecule has 5 nitrogen and oxygen atoms in total. The summed E-state index contributed by atoms with van der Waals surface area (Å²) in [4.78, 5) is 28.1. The highest BCUT2D eigenvalue weighted by Crippen LogP contribution is 2.27. The van der Waals surface area contributed by atoms with Gasteiger partial charge in [0.05, 0.1) is 0 Å². The maximum absolute atomic E-state index is 12.4. The van der Waals surface area contributed by atoms with Gasteiger partial charge >= 0.3 is 0 Å². The van der Waals surface area contributed by atoms with Gasteiger partial charge in [0, 0.05) is 22.2 Å². The largest absolute Gasteiger partial charge is 0.366 e. The van der Waals surface area contributed by atoms with Crippen molar-refractivity contribution in [3.05, 3.63) is 70.2 Å². The molecule has 0 bridgehead atoms. The number of nitrogens with one attached hydrogen (secondary N) is 1. The molecule has 1 heterocycles. The van der Waals surface area contributed by atoms with Crippen molar-refractivity contribution in [3.8, 4) is 10.6 Å². The molecule has 25 heavy (non-hydrogen) atoms. The quantitative estimate of drug-likeness (QED) is 0.750. The molecule has 0 aliphatic rings. The third-order valence-corrected chi connectivity index (χ3v) is 4.63. The summed E-state index contributed by atoms with van der Waals surface area (Å²) in [5, 5.41) is 5.26. The van der Waals surface area contributed by atoms with Gasteiger partial charge in [0.1, 0.15) is 10.7 Å². The van der Waals surface area contributed by atoms with Crippen LogP contribution in [0.5, 0.6) is 0 Å². The monoisotopic (exact) mass is 351 g/mol. The zero-order valence-corrected chi connectivity index (χ0v) is 14.7. The standard InChI is InChI=1S/C19H17N3O2S/c1-11-6-7-15(12(2)8-11)19-22-16(10-25-19)18(24)21-14-5-3-4-13(9-14)17(20)23/h3-10H,1-2H3,(H2,20,23)(H,21,24). The Hall–Kier alpha value is -2.99. The topological polar surface area (TPSA) is 85.1 Å². The SMILES string of the molecule is Cc1ccc(-c2nc(C(=O)Nc3cccc(C(N)=O)c3)cs2)c(C)c1. The van der Waals surface area contributed by atoms with Gasteiger partial charge < -0.3 is 11.1 Å². The number of hydrogen-bond donors (Lipinski definition) is 2. The van der Waals surface area contributed by atoms with Gasteiger partial charge in [0.25, 0.3) is 5.91 Å². The van der Waals surface area contributed by atoms with E-state index in [0.29, 0.717) is 16.9 Å². The van der Waals surface area contributed by atoms with Gasteiger partial charge in [-0.25, -0.2) is 4.98 Å². The first-order valence-corrected chi connectivity index (χ1v) is 8.56. The Kier molecular flexibility index (Phi) is 4.63. The van der Waals surface area contributed by atoms with E-state index < -0.39 is 5.91 Å². The maximum Gasteiger partial charge on any atom is 0.275 e. The molecule has 0 spiro atoms. The molecule has 0 atom stereocenters. The highest BCUT2D eigenvalue weighted by molar-refractivity contribution is 7.13. The molecule has 2 aromatic carbocycles. The second-order valence-corrected chi connectivity index (χ2v) is 6.61. The molecule has 3 rings (SSSR count). The summed E-state index contributed by atoms with van der Waals surface area (Å²) in [5.41, 5.74) is 9.76. The smallest absolute Gasteiger partial charge is 0.275 e. The van der Waals surface area contributed by atoms with Crippen LogP contribution in [0, 0.1) is 13.8 Å². The molecule has 0 saturated carbocycles. The molecule has 0 saturated heterocycles. The van der Waals surface area contributed by atoms with E-state index in [-0.39, 0.29) is 5.91 Å². The van der Waals surface area contributed by atoms with Gasteiger partial charge in [-0.2, -0.15) is 0 Å². The van der Waals surface area contributed by atoms with Crippen molar-refractivity contribution in [2.24, 2.45) is 5.73 Å². The minimum Gasteiger partial charge on any atom is -0.366 e. The minimum absolute atomic E-state index is 0.325. The van der Waals surface area contributed by atoms with Crippen molar-refractivity contribution in [3.63, 3.8) is 0 Å². The van der Waals surface area contributed by atoms with Crippen LogP contribution in [0.3, 0.4) is 0 Å². The van der Waals surface area contributed by atoms with E-state index in [1.807, 2.05) is 26.0 Å². The predicted octanol–water partition coefficient (Wildman–Crippen LogP) is 3.78. The van der Waals surface area contributed by atoms with Crippen molar-refractivity contribution >= 4 is 28.8 Å². The van der Waals surface area contributed by atoms with Gasteiger partial charge in [-0.3, -0.25) is 9.59 Å². The fourth-order valence-corrected chi connectivity index (χ4v) is 3.39. The molecule has 126 valence electrons. The van der Waals surface area contributed by atoms with Crippen LogP contribution < -0.4 is 11.1 Å². The number of hydrogen-bond acceptors (Lipinski definition) is 4. The first-order chi connectivity index (χ1) is 11.9. The summed E-state index contributed by atoms with van der Waals surface area (Å²) in [6.45, 7) is 4.07. The molecule has 0 unspecified atom stereocenters. The number of benzene rings is 2. The average Bonchev–Trinajstić information content (AvgIpc) is 3.05. The van der Waals surface area contributed by atoms with E-state index in [1.165, 1.54) is 23.0 Å². The van der Waals surface area contributed by atoms with Crippen molar-refractivity contribution in [1.82, 2.24) is 4.98 Å². The van der Waals surface area contributed by atoms with E-state index in [4.69, 9.17) is 5.73 Å². The zero-order valence-electron chi connectivity index (χ0n) is 13.9. The Bertz CT molecular complexity index is 963. The van der Waals surface area contributed by atoms with E-state index in [1.54, 1.807) is 23.6 Å². The molecule has 6 heteroatoms. The van der Waals surface area contributed by atoms with Crippen LogP contribution in [0.4, 0.5) is 5.69 Å². The third-order valence-electron chi connectivity index (χ3n) is 3.75. The van der Waals surface area contributed by atoms with Gasteiger partial charge in [-0.1, -0.05) is 29.8 Å². The number of rotatable bonds is 4. The normalized spacial score (nSPS) is 10.5. The number of nitrogens with zero attached hydrogens (tertiary/aromatic N) is 1. The number of carbonyl (C=O) groups excluding carboxylic acids is 2. The van der Waals surface area contributed by atoms with E-state index in [0.717, 1.165) is 16.1 Å². The van der Waals surface area contributed by atoms with Crippen molar-refractivity contribution in [1.29, 1.82) is 0 Å². The molecule has 1 aromatic heterocycles. The van der Waals surface area contributed by atoms with Crippen molar-refractivity contribution in [2.45, 2.75) is 13.8 Å². The highest BCUT2D eigenvalue weighted by Gasteiger charge is 2.14. The molecular weight excluding hydrogens is 334 g/mol. The van der Waals surface area contributed by atoms with Gasteiger partial charge in [0.15, 0.2) is 0 Å². The molecule has 0 aliphatic heterocycles. The number of carbonyl (C=O) groups is 2. The van der Waals surface area contributed by atoms with Crippen molar-refractivity contribution < 1.29 is 9.59 Å². The summed E-state index contributed by atoms with van der Waals surface area (Å²) in [5.74, 6) is -0.865. The third kappa shape index (κ3) is 3.75. The first kappa shape index (κ1) is 16.9. The second kappa shape index (κ2) is 6.86. The van der Waals surface area contributed by atoms with Crippen LogP contribution in [-0.2, 0) is 0 Å². The number of primary amides is 1. The molecule has 3 N–H and O–H groups in total. The lowest BCUT2D eigenvalue weighted by atomic mass is 10.1. The van der Waals surface area contributed by atoms with Crippen LogP contribution in [-0.4, -0.2) is 16.8 Å². The number of aromatic nitrogens is 1. The Morgan fingerprint density at radius 1 is 1.12 bits per heavy atom. The predicted molar refractivity (Wildman–Crippen MR) is 99.9 cm³/mol. The van der Waals surface area contributed by atoms with E-state index >= 15 is 0 Å². The van der Waals surface area contributed by atoms with E-state index in [9.17, 15) is 9.59 Å². The Morgan fingerprint density at radius 2 is 1.92 bits per heavy atom. The van der Waals surface area contributed by atoms with Crippen LogP contribution >= 0.6 is 11.3 Å². The zero-order chi connectivity index (χ0) is 18.0. The van der Waals surface area contributed by atoms with Crippen LogP contribution in [0.2, 0.25) is 0 Å². The highest BCUT2D eigenvalue weighted by atomic mass is 32.1. The second-order valence-electron chi connectivity index (χ2n) is 5.76. The molecule has 2 amide bonds. The maximum atomic E-state index is 12.4. The summed E-state index contributed by atoms with van der Waals surface area (Å²) in [6.07, 6.45) is 0. The van der Waals surface area contributed by atoms with E-state index in [2.05, 4.69) is 16.4 Å². The molecule has 0 fully saturated rings.